The molecule has 6 nitrogen and oxygen atoms in total. The molecule has 0 unspecified atom stereocenters. The summed E-state index contributed by atoms with van der Waals surface area (Å²) < 4.78 is 30.5. The van der Waals surface area contributed by atoms with Gasteiger partial charge in [0.05, 0.1) is 4.90 Å². The first-order valence-electron chi connectivity index (χ1n) is 4.51. The number of benzene rings is 1. The summed E-state index contributed by atoms with van der Waals surface area (Å²) in [6.07, 6.45) is 0. The van der Waals surface area contributed by atoms with Gasteiger partial charge in [0.1, 0.15) is 0 Å². The molecule has 0 atom stereocenters. The minimum atomic E-state index is -4.22. The Kier molecular flexibility index (Phi) is 3.49. The molecular weight excluding hydrogens is 301 g/mol. The van der Waals surface area contributed by atoms with E-state index in [1.54, 1.807) is 0 Å². The van der Waals surface area contributed by atoms with Crippen molar-refractivity contribution in [3.63, 3.8) is 0 Å². The van der Waals surface area contributed by atoms with E-state index in [2.05, 4.69) is 15.0 Å². The molecule has 2 rings (SSSR count). The monoisotopic (exact) mass is 305 g/mol. The summed E-state index contributed by atoms with van der Waals surface area (Å²) >= 11 is 11.2. The maximum Gasteiger partial charge on any atom is 0.294 e. The zero-order valence-corrected chi connectivity index (χ0v) is 10.9. The minimum absolute atomic E-state index is 0.0659. The van der Waals surface area contributed by atoms with Crippen molar-refractivity contribution in [1.82, 2.24) is 15.0 Å². The van der Waals surface area contributed by atoms with Gasteiger partial charge >= 0.3 is 0 Å². The Hall–Kier alpha value is -1.28. The number of nitrogens with zero attached hydrogens (tertiary/aromatic N) is 3. The van der Waals surface area contributed by atoms with Crippen molar-refractivity contribution in [1.29, 1.82) is 0 Å². The molecule has 0 fully saturated rings. The molecule has 0 saturated heterocycles. The predicted octanol–water partition coefficient (Wildman–Crippen LogP) is 2.09. The van der Waals surface area contributed by atoms with Gasteiger partial charge in [-0.2, -0.15) is 23.4 Å². The molecule has 2 aromatic rings. The molecule has 1 aromatic carbocycles. The smallest absolute Gasteiger partial charge is 0.282 e. The first-order chi connectivity index (χ1) is 8.36. The van der Waals surface area contributed by atoms with Gasteiger partial charge in [0.15, 0.2) is 5.82 Å². The van der Waals surface area contributed by atoms with Crippen LogP contribution in [0.15, 0.2) is 29.2 Å². The van der Waals surface area contributed by atoms with Crippen molar-refractivity contribution in [2.45, 2.75) is 4.90 Å². The third-order valence-electron chi connectivity index (χ3n) is 1.99. The van der Waals surface area contributed by atoms with Crippen LogP contribution in [-0.2, 0) is 10.1 Å². The first-order valence-corrected chi connectivity index (χ1v) is 6.71. The van der Waals surface area contributed by atoms with Crippen LogP contribution in [0.3, 0.4) is 0 Å². The van der Waals surface area contributed by atoms with E-state index < -0.39 is 10.1 Å². The summed E-state index contributed by atoms with van der Waals surface area (Å²) in [6, 6.07) is 5.28. The summed E-state index contributed by atoms with van der Waals surface area (Å²) in [5.74, 6) is 0.210. The standard InChI is InChI=1S/C9H5Cl2N3O3S/c10-8-12-7(13-9(11)14-8)5-1-3-6(4-2-5)18(15,16)17/h1-4H,(H,15,16,17). The summed E-state index contributed by atoms with van der Waals surface area (Å²) in [4.78, 5) is 11.1. The van der Waals surface area contributed by atoms with Gasteiger partial charge in [-0.25, -0.2) is 0 Å². The highest BCUT2D eigenvalue weighted by Gasteiger charge is 2.11. The number of hydrogen-bond donors (Lipinski definition) is 1. The van der Waals surface area contributed by atoms with Gasteiger partial charge < -0.3 is 0 Å². The topological polar surface area (TPSA) is 93.0 Å². The highest BCUT2D eigenvalue weighted by atomic mass is 35.5. The van der Waals surface area contributed by atoms with Crippen molar-refractivity contribution in [2.75, 3.05) is 0 Å². The van der Waals surface area contributed by atoms with Crippen molar-refractivity contribution in [3.05, 3.63) is 34.8 Å². The molecule has 0 aliphatic carbocycles. The first kappa shape index (κ1) is 13.2. The Balaban J connectivity index is 2.46. The van der Waals surface area contributed by atoms with Crippen LogP contribution in [0.1, 0.15) is 0 Å². The maximum absolute atomic E-state index is 10.9. The largest absolute Gasteiger partial charge is 0.294 e. The van der Waals surface area contributed by atoms with E-state index in [-0.39, 0.29) is 21.3 Å². The molecular formula is C9H5Cl2N3O3S. The molecule has 9 heteroatoms. The molecule has 0 spiro atoms. The van der Waals surface area contributed by atoms with E-state index in [0.717, 1.165) is 0 Å². The average molecular weight is 306 g/mol. The Morgan fingerprint density at radius 3 is 1.89 bits per heavy atom. The third-order valence-corrected chi connectivity index (χ3v) is 3.20. The van der Waals surface area contributed by atoms with Gasteiger partial charge in [-0.05, 0) is 47.5 Å². The molecule has 0 aliphatic heterocycles. The lowest BCUT2D eigenvalue weighted by molar-refractivity contribution is 0.483. The normalized spacial score (nSPS) is 11.5. The molecule has 1 heterocycles. The fourth-order valence-electron chi connectivity index (χ4n) is 1.23. The van der Waals surface area contributed by atoms with Crippen molar-refractivity contribution in [3.8, 4) is 11.4 Å². The molecule has 1 aromatic heterocycles. The molecule has 18 heavy (non-hydrogen) atoms. The van der Waals surface area contributed by atoms with Crippen LogP contribution in [0.5, 0.6) is 0 Å². The van der Waals surface area contributed by atoms with Crippen LogP contribution >= 0.6 is 23.2 Å². The van der Waals surface area contributed by atoms with E-state index in [1.165, 1.54) is 24.3 Å². The predicted molar refractivity (Wildman–Crippen MR) is 65.1 cm³/mol. The van der Waals surface area contributed by atoms with E-state index in [9.17, 15) is 8.42 Å². The van der Waals surface area contributed by atoms with Crippen LogP contribution in [0.4, 0.5) is 0 Å². The van der Waals surface area contributed by atoms with Crippen molar-refractivity contribution >= 4 is 33.3 Å². The quantitative estimate of drug-likeness (QED) is 0.854. The highest BCUT2D eigenvalue weighted by Crippen LogP contribution is 2.20. The second-order valence-electron chi connectivity index (χ2n) is 3.20. The summed E-state index contributed by atoms with van der Waals surface area (Å²) in [5.41, 5.74) is 0.494. The molecule has 0 radical (unpaired) electrons. The van der Waals surface area contributed by atoms with Gasteiger partial charge in [-0.1, -0.05) is 0 Å². The summed E-state index contributed by atoms with van der Waals surface area (Å²) in [6.45, 7) is 0. The number of rotatable bonds is 2. The highest BCUT2D eigenvalue weighted by molar-refractivity contribution is 7.85. The lowest BCUT2D eigenvalue weighted by atomic mass is 10.2. The van der Waals surface area contributed by atoms with Crippen LogP contribution in [-0.4, -0.2) is 27.9 Å². The Morgan fingerprint density at radius 2 is 1.44 bits per heavy atom. The van der Waals surface area contributed by atoms with E-state index >= 15 is 0 Å². The summed E-state index contributed by atoms with van der Waals surface area (Å²) in [7, 11) is -4.22. The maximum atomic E-state index is 10.9. The van der Waals surface area contributed by atoms with Crippen LogP contribution in [0.25, 0.3) is 11.4 Å². The fraction of sp³-hybridized carbons (Fsp3) is 0. The zero-order chi connectivity index (χ0) is 13.3. The fourth-order valence-corrected chi connectivity index (χ4v) is 2.07. The van der Waals surface area contributed by atoms with E-state index in [0.29, 0.717) is 5.56 Å². The van der Waals surface area contributed by atoms with Crippen LogP contribution in [0, 0.1) is 0 Å². The molecule has 0 saturated carbocycles. The molecule has 1 N–H and O–H groups in total. The molecule has 0 aliphatic rings. The van der Waals surface area contributed by atoms with Crippen LogP contribution < -0.4 is 0 Å². The van der Waals surface area contributed by atoms with Crippen LogP contribution in [0.2, 0.25) is 10.6 Å². The minimum Gasteiger partial charge on any atom is -0.282 e. The summed E-state index contributed by atoms with van der Waals surface area (Å²) in [5, 5.41) is -0.132. The average Bonchev–Trinajstić information content (AvgIpc) is 2.27. The second kappa shape index (κ2) is 4.77. The second-order valence-corrected chi connectivity index (χ2v) is 5.29. The molecule has 0 amide bonds. The van der Waals surface area contributed by atoms with E-state index in [1.807, 2.05) is 0 Å². The van der Waals surface area contributed by atoms with Gasteiger partial charge in [0, 0.05) is 5.56 Å². The van der Waals surface area contributed by atoms with Crippen molar-refractivity contribution in [2.24, 2.45) is 0 Å². The van der Waals surface area contributed by atoms with Gasteiger partial charge in [-0.15, -0.1) is 0 Å². The SMILES string of the molecule is O=S(=O)(O)c1ccc(-c2nc(Cl)nc(Cl)n2)cc1. The Morgan fingerprint density at radius 1 is 0.944 bits per heavy atom. The lowest BCUT2D eigenvalue weighted by Crippen LogP contribution is -1.98. The Bertz CT molecular complexity index is 668. The number of aromatic nitrogens is 3. The van der Waals surface area contributed by atoms with Gasteiger partial charge in [0.2, 0.25) is 10.6 Å². The van der Waals surface area contributed by atoms with Gasteiger partial charge in [0.25, 0.3) is 10.1 Å². The van der Waals surface area contributed by atoms with Gasteiger partial charge in [-0.3, -0.25) is 4.55 Å². The third kappa shape index (κ3) is 2.94. The lowest BCUT2D eigenvalue weighted by Gasteiger charge is -2.02. The Labute approximate surface area is 112 Å². The molecule has 94 valence electrons. The number of hydrogen-bond acceptors (Lipinski definition) is 5. The zero-order valence-electron chi connectivity index (χ0n) is 8.58. The molecule has 0 bridgehead atoms. The van der Waals surface area contributed by atoms with E-state index in [4.69, 9.17) is 27.8 Å². The van der Waals surface area contributed by atoms with Crippen molar-refractivity contribution < 1.29 is 13.0 Å². The number of halogens is 2.